The normalized spacial score (nSPS) is 11.7. The molecule has 2 aromatic carbocycles. The first-order valence-electron chi connectivity index (χ1n) is 8.76. The molecule has 2 aromatic rings. The van der Waals surface area contributed by atoms with Gasteiger partial charge in [0.2, 0.25) is 5.91 Å². The highest BCUT2D eigenvalue weighted by molar-refractivity contribution is 5.87. The van der Waals surface area contributed by atoms with E-state index in [0.717, 1.165) is 11.1 Å². The summed E-state index contributed by atoms with van der Waals surface area (Å²) in [6.07, 6.45) is 0.213. The lowest BCUT2D eigenvalue weighted by Crippen LogP contribution is -2.28. The highest BCUT2D eigenvalue weighted by atomic mass is 16.5. The third-order valence-corrected chi connectivity index (χ3v) is 3.99. The van der Waals surface area contributed by atoms with Crippen molar-refractivity contribution in [3.05, 3.63) is 59.2 Å². The zero-order chi connectivity index (χ0) is 20.0. The quantitative estimate of drug-likeness (QED) is 0.741. The Morgan fingerprint density at radius 3 is 2.26 bits per heavy atom. The molecule has 0 aliphatic rings. The molecule has 6 nitrogen and oxygen atoms in total. The van der Waals surface area contributed by atoms with Crippen LogP contribution in [-0.4, -0.2) is 30.2 Å². The lowest BCUT2D eigenvalue weighted by atomic mass is 10.1. The third-order valence-electron chi connectivity index (χ3n) is 3.99. The van der Waals surface area contributed by atoms with Crippen molar-refractivity contribution in [1.82, 2.24) is 5.32 Å². The number of methoxy groups -OCH3 is 1. The number of hydrogen-bond acceptors (Lipinski definition) is 4. The van der Waals surface area contributed by atoms with Gasteiger partial charge in [-0.25, -0.2) is 4.79 Å². The predicted octanol–water partition coefficient (Wildman–Crippen LogP) is 3.60. The van der Waals surface area contributed by atoms with Crippen LogP contribution in [0.5, 0.6) is 11.5 Å². The minimum atomic E-state index is -0.988. The molecular formula is C21H25NO5. The SMILES string of the molecule is COc1cc(C(C)NC(=O)Cc2ccc(C(=O)O)cc2)ccc1OC(C)C. The fraction of sp³-hybridized carbons (Fsp3) is 0.333. The fourth-order valence-corrected chi connectivity index (χ4v) is 2.63. The van der Waals surface area contributed by atoms with E-state index in [4.69, 9.17) is 14.6 Å². The van der Waals surface area contributed by atoms with E-state index in [1.807, 2.05) is 39.0 Å². The number of ether oxygens (including phenoxy) is 2. The van der Waals surface area contributed by atoms with Gasteiger partial charge in [-0.3, -0.25) is 4.79 Å². The second kappa shape index (κ2) is 9.07. The molecule has 0 saturated heterocycles. The van der Waals surface area contributed by atoms with E-state index < -0.39 is 5.97 Å². The second-order valence-corrected chi connectivity index (χ2v) is 6.54. The topological polar surface area (TPSA) is 84.9 Å². The Hall–Kier alpha value is -3.02. The number of hydrogen-bond donors (Lipinski definition) is 2. The minimum Gasteiger partial charge on any atom is -0.493 e. The Bertz CT molecular complexity index is 799. The van der Waals surface area contributed by atoms with Crippen LogP contribution in [0.2, 0.25) is 0 Å². The number of aromatic carboxylic acids is 1. The maximum absolute atomic E-state index is 12.3. The summed E-state index contributed by atoms with van der Waals surface area (Å²) >= 11 is 0. The van der Waals surface area contributed by atoms with Gasteiger partial charge in [0.05, 0.1) is 31.2 Å². The van der Waals surface area contributed by atoms with Crippen LogP contribution >= 0.6 is 0 Å². The Balaban J connectivity index is 2.02. The van der Waals surface area contributed by atoms with E-state index in [1.54, 1.807) is 19.2 Å². The number of nitrogens with one attached hydrogen (secondary N) is 1. The van der Waals surface area contributed by atoms with Gasteiger partial charge in [-0.05, 0) is 56.2 Å². The molecule has 0 aromatic heterocycles. The standard InChI is InChI=1S/C21H25NO5/c1-13(2)27-18-10-9-17(12-19(18)26-4)14(3)22-20(23)11-15-5-7-16(8-6-15)21(24)25/h5-10,12-14H,11H2,1-4H3,(H,22,23)(H,24,25). The molecule has 0 radical (unpaired) electrons. The molecule has 1 unspecified atom stereocenters. The number of amides is 1. The van der Waals surface area contributed by atoms with Crippen molar-refractivity contribution in [1.29, 1.82) is 0 Å². The third kappa shape index (κ3) is 5.74. The summed E-state index contributed by atoms with van der Waals surface area (Å²) < 4.78 is 11.1. The molecule has 1 amide bonds. The second-order valence-electron chi connectivity index (χ2n) is 6.54. The van der Waals surface area contributed by atoms with E-state index in [9.17, 15) is 9.59 Å². The van der Waals surface area contributed by atoms with Gasteiger partial charge in [-0.15, -0.1) is 0 Å². The van der Waals surface area contributed by atoms with Crippen molar-refractivity contribution < 1.29 is 24.2 Å². The van der Waals surface area contributed by atoms with Crippen LogP contribution in [0, 0.1) is 0 Å². The zero-order valence-corrected chi connectivity index (χ0v) is 16.0. The Morgan fingerprint density at radius 1 is 1.04 bits per heavy atom. The van der Waals surface area contributed by atoms with E-state index in [-0.39, 0.29) is 30.0 Å². The van der Waals surface area contributed by atoms with Gasteiger partial charge >= 0.3 is 5.97 Å². The maximum Gasteiger partial charge on any atom is 0.335 e. The maximum atomic E-state index is 12.3. The van der Waals surface area contributed by atoms with Gasteiger partial charge < -0.3 is 19.9 Å². The molecule has 27 heavy (non-hydrogen) atoms. The van der Waals surface area contributed by atoms with Crippen molar-refractivity contribution >= 4 is 11.9 Å². The number of carboxylic acid groups (broad SMARTS) is 1. The van der Waals surface area contributed by atoms with Crippen LogP contribution in [0.1, 0.15) is 48.3 Å². The summed E-state index contributed by atoms with van der Waals surface area (Å²) in [5.41, 5.74) is 1.85. The molecule has 0 spiro atoms. The van der Waals surface area contributed by atoms with Crippen LogP contribution in [0.3, 0.4) is 0 Å². The van der Waals surface area contributed by atoms with Gasteiger partial charge in [-0.1, -0.05) is 18.2 Å². The zero-order valence-electron chi connectivity index (χ0n) is 16.0. The van der Waals surface area contributed by atoms with Crippen molar-refractivity contribution in [3.8, 4) is 11.5 Å². The molecule has 0 fully saturated rings. The number of carbonyl (C=O) groups excluding carboxylic acids is 1. The molecule has 0 saturated carbocycles. The Kier molecular flexibility index (Phi) is 6.82. The summed E-state index contributed by atoms with van der Waals surface area (Å²) in [4.78, 5) is 23.2. The Morgan fingerprint density at radius 2 is 1.70 bits per heavy atom. The van der Waals surface area contributed by atoms with Gasteiger partial charge in [0.25, 0.3) is 0 Å². The van der Waals surface area contributed by atoms with Gasteiger partial charge in [0.15, 0.2) is 11.5 Å². The first kappa shape index (κ1) is 20.3. The molecule has 0 bridgehead atoms. The van der Waals surface area contributed by atoms with Gasteiger partial charge in [-0.2, -0.15) is 0 Å². The fourth-order valence-electron chi connectivity index (χ4n) is 2.63. The Labute approximate surface area is 159 Å². The molecule has 2 N–H and O–H groups in total. The molecular weight excluding hydrogens is 346 g/mol. The van der Waals surface area contributed by atoms with Crippen LogP contribution in [-0.2, 0) is 11.2 Å². The largest absolute Gasteiger partial charge is 0.493 e. The number of carbonyl (C=O) groups is 2. The first-order valence-corrected chi connectivity index (χ1v) is 8.76. The summed E-state index contributed by atoms with van der Waals surface area (Å²) in [6.45, 7) is 5.78. The molecule has 0 heterocycles. The lowest BCUT2D eigenvalue weighted by molar-refractivity contribution is -0.121. The highest BCUT2D eigenvalue weighted by Crippen LogP contribution is 2.31. The number of carboxylic acids is 1. The van der Waals surface area contributed by atoms with E-state index in [2.05, 4.69) is 5.32 Å². The number of rotatable bonds is 8. The lowest BCUT2D eigenvalue weighted by Gasteiger charge is -2.18. The van der Waals surface area contributed by atoms with Gasteiger partial charge in [0, 0.05) is 0 Å². The molecule has 1 atom stereocenters. The summed E-state index contributed by atoms with van der Waals surface area (Å²) in [7, 11) is 1.58. The smallest absolute Gasteiger partial charge is 0.335 e. The molecule has 2 rings (SSSR count). The summed E-state index contributed by atoms with van der Waals surface area (Å²) in [5, 5.41) is 11.9. The average Bonchev–Trinajstić information content (AvgIpc) is 2.61. The van der Waals surface area contributed by atoms with Crippen LogP contribution in [0.25, 0.3) is 0 Å². The van der Waals surface area contributed by atoms with Crippen molar-refractivity contribution in [2.24, 2.45) is 0 Å². The first-order chi connectivity index (χ1) is 12.8. The highest BCUT2D eigenvalue weighted by Gasteiger charge is 2.14. The van der Waals surface area contributed by atoms with Crippen molar-refractivity contribution in [3.63, 3.8) is 0 Å². The van der Waals surface area contributed by atoms with E-state index >= 15 is 0 Å². The molecule has 0 aliphatic carbocycles. The monoisotopic (exact) mass is 371 g/mol. The van der Waals surface area contributed by atoms with Gasteiger partial charge in [0.1, 0.15) is 0 Å². The molecule has 0 aliphatic heterocycles. The molecule has 144 valence electrons. The average molecular weight is 371 g/mol. The van der Waals surface area contributed by atoms with Crippen LogP contribution in [0.15, 0.2) is 42.5 Å². The number of benzene rings is 2. The van der Waals surface area contributed by atoms with Crippen molar-refractivity contribution in [2.75, 3.05) is 7.11 Å². The van der Waals surface area contributed by atoms with Crippen LogP contribution < -0.4 is 14.8 Å². The molecule has 6 heteroatoms. The summed E-state index contributed by atoms with van der Waals surface area (Å²) in [5.74, 6) is 0.144. The van der Waals surface area contributed by atoms with E-state index in [0.29, 0.717) is 11.5 Å². The predicted molar refractivity (Wildman–Crippen MR) is 102 cm³/mol. The van der Waals surface area contributed by atoms with Crippen LogP contribution in [0.4, 0.5) is 0 Å². The minimum absolute atomic E-state index is 0.0365. The van der Waals surface area contributed by atoms with Crippen molar-refractivity contribution in [2.45, 2.75) is 39.3 Å². The van der Waals surface area contributed by atoms with E-state index in [1.165, 1.54) is 12.1 Å². The summed E-state index contributed by atoms with van der Waals surface area (Å²) in [6, 6.07) is 11.7.